The van der Waals surface area contributed by atoms with Gasteiger partial charge in [0.15, 0.2) is 0 Å². The zero-order valence-electron chi connectivity index (χ0n) is 18.7. The zero-order chi connectivity index (χ0) is 22.5. The number of carbonyl (C=O) groups is 1. The Balaban J connectivity index is 1.47. The molecular formula is C26H28N4O2. The zero-order valence-corrected chi connectivity index (χ0v) is 18.7. The maximum absolute atomic E-state index is 12.7. The van der Waals surface area contributed by atoms with Crippen molar-refractivity contribution in [3.8, 4) is 17.1 Å². The number of fused-ring (bicyclic) bond motifs is 1. The van der Waals surface area contributed by atoms with E-state index in [9.17, 15) is 4.79 Å². The molecule has 1 aromatic heterocycles. The first-order valence-electron chi connectivity index (χ1n) is 10.9. The topological polar surface area (TPSA) is 70.2 Å². The highest BCUT2D eigenvalue weighted by atomic mass is 16.5. The lowest BCUT2D eigenvalue weighted by atomic mass is 10.1. The minimum absolute atomic E-state index is 0.131. The van der Waals surface area contributed by atoms with E-state index in [2.05, 4.69) is 34.0 Å². The Hall–Kier alpha value is -3.64. The summed E-state index contributed by atoms with van der Waals surface area (Å²) in [5.41, 5.74) is 5.24. The average molecular weight is 429 g/mol. The van der Waals surface area contributed by atoms with Crippen LogP contribution in [0.3, 0.4) is 0 Å². The van der Waals surface area contributed by atoms with Crippen molar-refractivity contribution in [2.24, 2.45) is 0 Å². The molecule has 1 heterocycles. The molecule has 0 bridgehead atoms. The van der Waals surface area contributed by atoms with E-state index in [1.54, 1.807) is 7.11 Å². The smallest absolute Gasteiger partial charge is 0.255 e. The molecule has 0 aliphatic rings. The first-order valence-corrected chi connectivity index (χ1v) is 10.9. The Morgan fingerprint density at radius 1 is 1.00 bits per heavy atom. The summed E-state index contributed by atoms with van der Waals surface area (Å²) < 4.78 is 5.21. The molecule has 4 rings (SSSR count). The van der Waals surface area contributed by atoms with Crippen LogP contribution in [0.25, 0.3) is 22.4 Å². The number of hydrogen-bond donors (Lipinski definition) is 2. The molecule has 0 saturated heterocycles. The van der Waals surface area contributed by atoms with E-state index >= 15 is 0 Å². The van der Waals surface area contributed by atoms with E-state index in [0.717, 1.165) is 53.5 Å². The number of benzene rings is 3. The molecule has 3 aromatic carbocycles. The molecule has 2 N–H and O–H groups in total. The minimum atomic E-state index is -0.131. The summed E-state index contributed by atoms with van der Waals surface area (Å²) in [6.07, 6.45) is 0. The largest absolute Gasteiger partial charge is 0.497 e. The Kier molecular flexibility index (Phi) is 6.52. The number of carbonyl (C=O) groups excluding carboxylic acids is 1. The summed E-state index contributed by atoms with van der Waals surface area (Å²) in [6.45, 7) is 7.22. The van der Waals surface area contributed by atoms with E-state index in [-0.39, 0.29) is 5.91 Å². The van der Waals surface area contributed by atoms with Gasteiger partial charge in [-0.3, -0.25) is 9.69 Å². The quantitative estimate of drug-likeness (QED) is 0.398. The van der Waals surface area contributed by atoms with Crippen LogP contribution in [0, 0.1) is 0 Å². The molecule has 0 spiro atoms. The number of nitrogens with zero attached hydrogens (tertiary/aromatic N) is 2. The van der Waals surface area contributed by atoms with Crippen LogP contribution in [0.2, 0.25) is 0 Å². The van der Waals surface area contributed by atoms with Gasteiger partial charge in [-0.2, -0.15) is 0 Å². The highest BCUT2D eigenvalue weighted by Crippen LogP contribution is 2.25. The Labute approximate surface area is 188 Å². The number of H-pyrrole nitrogens is 1. The predicted molar refractivity (Wildman–Crippen MR) is 129 cm³/mol. The van der Waals surface area contributed by atoms with Crippen molar-refractivity contribution < 1.29 is 9.53 Å². The summed E-state index contributed by atoms with van der Waals surface area (Å²) >= 11 is 0. The number of aromatic nitrogens is 2. The maximum atomic E-state index is 12.7. The van der Waals surface area contributed by atoms with Gasteiger partial charge in [0.05, 0.1) is 18.1 Å². The monoisotopic (exact) mass is 428 g/mol. The van der Waals surface area contributed by atoms with Crippen molar-refractivity contribution in [3.05, 3.63) is 77.9 Å². The second kappa shape index (κ2) is 9.66. The second-order valence-corrected chi connectivity index (χ2v) is 7.66. The fourth-order valence-electron chi connectivity index (χ4n) is 3.64. The third-order valence-electron chi connectivity index (χ3n) is 5.62. The van der Waals surface area contributed by atoms with Crippen LogP contribution >= 0.6 is 0 Å². The van der Waals surface area contributed by atoms with Crippen molar-refractivity contribution >= 4 is 22.6 Å². The Bertz CT molecular complexity index is 1190. The maximum Gasteiger partial charge on any atom is 0.255 e. The first kappa shape index (κ1) is 21.6. The van der Waals surface area contributed by atoms with E-state index < -0.39 is 0 Å². The highest BCUT2D eigenvalue weighted by Gasteiger charge is 2.10. The lowest BCUT2D eigenvalue weighted by Gasteiger charge is -2.18. The van der Waals surface area contributed by atoms with E-state index in [4.69, 9.17) is 4.74 Å². The molecule has 0 aliphatic heterocycles. The molecular weight excluding hydrogens is 400 g/mol. The van der Waals surface area contributed by atoms with Crippen LogP contribution in [0.15, 0.2) is 66.7 Å². The molecule has 0 aliphatic carbocycles. The van der Waals surface area contributed by atoms with E-state index in [1.165, 1.54) is 5.56 Å². The number of methoxy groups -OCH3 is 1. The van der Waals surface area contributed by atoms with E-state index in [1.807, 2.05) is 66.7 Å². The summed E-state index contributed by atoms with van der Waals surface area (Å²) in [5, 5.41) is 2.98. The molecule has 6 nitrogen and oxygen atoms in total. The van der Waals surface area contributed by atoms with Crippen LogP contribution in [0.1, 0.15) is 29.8 Å². The number of ether oxygens (including phenoxy) is 1. The third kappa shape index (κ3) is 4.81. The number of rotatable bonds is 8. The van der Waals surface area contributed by atoms with Crippen LogP contribution < -0.4 is 10.1 Å². The molecule has 1 amide bonds. The molecule has 164 valence electrons. The fraction of sp³-hybridized carbons (Fsp3) is 0.231. The second-order valence-electron chi connectivity index (χ2n) is 7.66. The number of anilines is 1. The molecule has 0 unspecified atom stereocenters. The van der Waals surface area contributed by atoms with Gasteiger partial charge >= 0.3 is 0 Å². The SMILES string of the molecule is CCN(CC)Cc1ccc(C(=O)Nc2ccc3nc(-c4ccc(OC)cc4)[nH]c3c2)cc1. The predicted octanol–water partition coefficient (Wildman–Crippen LogP) is 5.33. The van der Waals surface area contributed by atoms with Gasteiger partial charge in [0.25, 0.3) is 5.91 Å². The fourth-order valence-corrected chi connectivity index (χ4v) is 3.64. The normalized spacial score (nSPS) is 11.1. The molecule has 32 heavy (non-hydrogen) atoms. The van der Waals surface area contributed by atoms with E-state index in [0.29, 0.717) is 5.56 Å². The lowest BCUT2D eigenvalue weighted by Crippen LogP contribution is -2.22. The molecule has 0 saturated carbocycles. The first-order chi connectivity index (χ1) is 15.6. The minimum Gasteiger partial charge on any atom is -0.497 e. The van der Waals surface area contributed by atoms with Crippen LogP contribution in [-0.4, -0.2) is 41.0 Å². The number of aromatic amines is 1. The number of nitrogens with one attached hydrogen (secondary N) is 2. The van der Waals surface area contributed by atoms with Gasteiger partial charge in [-0.25, -0.2) is 4.98 Å². The van der Waals surface area contributed by atoms with Gasteiger partial charge in [-0.05, 0) is 73.3 Å². The van der Waals surface area contributed by atoms with Gasteiger partial charge in [0.1, 0.15) is 11.6 Å². The van der Waals surface area contributed by atoms with Gasteiger partial charge in [0.2, 0.25) is 0 Å². The summed E-state index contributed by atoms with van der Waals surface area (Å²) in [4.78, 5) is 23.0. The van der Waals surface area contributed by atoms with Gasteiger partial charge in [-0.1, -0.05) is 26.0 Å². The Morgan fingerprint density at radius 3 is 2.38 bits per heavy atom. The van der Waals surface area contributed by atoms with Crippen LogP contribution in [0.4, 0.5) is 5.69 Å². The van der Waals surface area contributed by atoms with Crippen molar-refractivity contribution in [2.75, 3.05) is 25.5 Å². The molecule has 4 aromatic rings. The summed E-state index contributed by atoms with van der Waals surface area (Å²) in [5.74, 6) is 1.44. The summed E-state index contributed by atoms with van der Waals surface area (Å²) in [7, 11) is 1.65. The summed E-state index contributed by atoms with van der Waals surface area (Å²) in [6, 6.07) is 21.2. The van der Waals surface area contributed by atoms with Gasteiger partial charge in [0, 0.05) is 23.4 Å². The lowest BCUT2D eigenvalue weighted by molar-refractivity contribution is 0.102. The number of imidazole rings is 1. The van der Waals surface area contributed by atoms with Crippen molar-refractivity contribution in [1.29, 1.82) is 0 Å². The molecule has 0 radical (unpaired) electrons. The molecule has 6 heteroatoms. The van der Waals surface area contributed by atoms with Crippen LogP contribution in [-0.2, 0) is 6.54 Å². The third-order valence-corrected chi connectivity index (χ3v) is 5.62. The van der Waals surface area contributed by atoms with Crippen molar-refractivity contribution in [2.45, 2.75) is 20.4 Å². The van der Waals surface area contributed by atoms with Crippen molar-refractivity contribution in [3.63, 3.8) is 0 Å². The van der Waals surface area contributed by atoms with Crippen LogP contribution in [0.5, 0.6) is 5.75 Å². The van der Waals surface area contributed by atoms with Gasteiger partial charge in [-0.15, -0.1) is 0 Å². The molecule has 0 fully saturated rings. The number of hydrogen-bond acceptors (Lipinski definition) is 4. The Morgan fingerprint density at radius 2 is 1.72 bits per heavy atom. The van der Waals surface area contributed by atoms with Crippen molar-refractivity contribution in [1.82, 2.24) is 14.9 Å². The van der Waals surface area contributed by atoms with Gasteiger partial charge < -0.3 is 15.0 Å². The molecule has 0 atom stereocenters. The highest BCUT2D eigenvalue weighted by molar-refractivity contribution is 6.05. The standard InChI is InChI=1S/C26H28N4O2/c1-4-30(5-2)17-18-6-8-20(9-7-18)26(31)27-21-12-15-23-24(16-21)29-25(28-23)19-10-13-22(32-3)14-11-19/h6-16H,4-5,17H2,1-3H3,(H,27,31)(H,28,29). The number of amides is 1. The average Bonchev–Trinajstić information content (AvgIpc) is 3.26.